The minimum atomic E-state index is 0.113. The molecule has 1 amide bonds. The first-order chi connectivity index (χ1) is 10.3. The minimum Gasteiger partial charge on any atom is -0.377 e. The first-order valence-electron chi connectivity index (χ1n) is 7.78. The number of aromatic amines is 1. The largest absolute Gasteiger partial charge is 0.377 e. The molecular formula is C17H20N2O2. The Kier molecular flexibility index (Phi) is 3.19. The third-order valence-electron chi connectivity index (χ3n) is 4.85. The third-order valence-corrected chi connectivity index (χ3v) is 4.85. The van der Waals surface area contributed by atoms with Crippen molar-refractivity contribution < 1.29 is 9.53 Å². The third kappa shape index (κ3) is 2.23. The Morgan fingerprint density at radius 3 is 3.14 bits per heavy atom. The number of aromatic nitrogens is 1. The molecule has 4 nitrogen and oxygen atoms in total. The summed E-state index contributed by atoms with van der Waals surface area (Å²) in [5.41, 5.74) is 2.46. The van der Waals surface area contributed by atoms with Gasteiger partial charge in [-0.1, -0.05) is 18.2 Å². The number of hydrogen-bond acceptors (Lipinski definition) is 2. The summed E-state index contributed by atoms with van der Waals surface area (Å²) in [6.07, 6.45) is 5.05. The molecule has 4 heteroatoms. The molecule has 1 aromatic carbocycles. The minimum absolute atomic E-state index is 0.113. The molecule has 0 bridgehead atoms. The Labute approximate surface area is 124 Å². The van der Waals surface area contributed by atoms with Gasteiger partial charge in [0.15, 0.2) is 0 Å². The van der Waals surface area contributed by atoms with Gasteiger partial charge in [-0.2, -0.15) is 0 Å². The average molecular weight is 284 g/mol. The molecular weight excluding hydrogens is 264 g/mol. The Hall–Kier alpha value is -1.81. The lowest BCUT2D eigenvalue weighted by Gasteiger charge is -2.33. The Balaban J connectivity index is 1.46. The number of likely N-dealkylation sites (tertiary alicyclic amines) is 1. The molecule has 0 spiro atoms. The van der Waals surface area contributed by atoms with E-state index in [4.69, 9.17) is 4.74 Å². The van der Waals surface area contributed by atoms with Crippen molar-refractivity contribution in [1.29, 1.82) is 0 Å². The van der Waals surface area contributed by atoms with Crippen molar-refractivity contribution in [2.75, 3.05) is 19.7 Å². The van der Waals surface area contributed by atoms with Crippen LogP contribution < -0.4 is 0 Å². The molecule has 3 heterocycles. The van der Waals surface area contributed by atoms with Crippen molar-refractivity contribution >= 4 is 16.8 Å². The fourth-order valence-corrected chi connectivity index (χ4v) is 3.66. The van der Waals surface area contributed by atoms with Gasteiger partial charge in [-0.3, -0.25) is 4.79 Å². The normalized spacial score (nSPS) is 25.5. The monoisotopic (exact) mass is 284 g/mol. The van der Waals surface area contributed by atoms with Crippen LogP contribution in [0.15, 0.2) is 30.5 Å². The summed E-state index contributed by atoms with van der Waals surface area (Å²) >= 11 is 0. The van der Waals surface area contributed by atoms with Crippen molar-refractivity contribution in [2.45, 2.75) is 25.4 Å². The van der Waals surface area contributed by atoms with Gasteiger partial charge >= 0.3 is 0 Å². The number of fused-ring (bicyclic) bond motifs is 2. The second-order valence-corrected chi connectivity index (χ2v) is 6.03. The van der Waals surface area contributed by atoms with Gasteiger partial charge in [0, 0.05) is 36.8 Å². The van der Waals surface area contributed by atoms with Gasteiger partial charge in [0.25, 0.3) is 0 Å². The van der Waals surface area contributed by atoms with Gasteiger partial charge in [0.2, 0.25) is 5.91 Å². The first-order valence-corrected chi connectivity index (χ1v) is 7.78. The van der Waals surface area contributed by atoms with Crippen LogP contribution in [0.4, 0.5) is 0 Å². The number of piperidine rings is 1. The van der Waals surface area contributed by atoms with Crippen LogP contribution in [0.3, 0.4) is 0 Å². The molecule has 1 aromatic heterocycles. The van der Waals surface area contributed by atoms with Crippen LogP contribution in [0, 0.1) is 5.92 Å². The fourth-order valence-electron chi connectivity index (χ4n) is 3.66. The highest BCUT2D eigenvalue weighted by molar-refractivity contribution is 5.83. The maximum atomic E-state index is 12.5. The maximum absolute atomic E-state index is 12.5. The van der Waals surface area contributed by atoms with Gasteiger partial charge in [0.1, 0.15) is 0 Å². The van der Waals surface area contributed by atoms with Gasteiger partial charge in [0.05, 0.1) is 12.0 Å². The highest BCUT2D eigenvalue weighted by Crippen LogP contribution is 2.30. The predicted molar refractivity (Wildman–Crippen MR) is 81.0 cm³/mol. The lowest BCUT2D eigenvalue weighted by molar-refractivity contribution is -0.141. The Morgan fingerprint density at radius 1 is 1.29 bits per heavy atom. The SMILES string of the molecule is O=C1[C@H]2CCO[C@H]2CCN1CCc1c[nH]c2ccccc12. The molecule has 21 heavy (non-hydrogen) atoms. The quantitative estimate of drug-likeness (QED) is 0.940. The molecule has 0 unspecified atom stereocenters. The molecule has 110 valence electrons. The zero-order valence-electron chi connectivity index (χ0n) is 12.0. The topological polar surface area (TPSA) is 45.3 Å². The number of H-pyrrole nitrogens is 1. The number of hydrogen-bond donors (Lipinski definition) is 1. The van der Waals surface area contributed by atoms with E-state index in [1.807, 2.05) is 11.0 Å². The lowest BCUT2D eigenvalue weighted by atomic mass is 9.93. The van der Waals surface area contributed by atoms with Crippen molar-refractivity contribution in [1.82, 2.24) is 9.88 Å². The molecule has 4 rings (SSSR count). The molecule has 2 atom stereocenters. The van der Waals surface area contributed by atoms with Crippen LogP contribution in [-0.2, 0) is 16.0 Å². The van der Waals surface area contributed by atoms with Crippen LogP contribution in [0.25, 0.3) is 10.9 Å². The summed E-state index contributed by atoms with van der Waals surface area (Å²) in [6.45, 7) is 2.39. The molecule has 2 saturated heterocycles. The lowest BCUT2D eigenvalue weighted by Crippen LogP contribution is -2.46. The molecule has 2 fully saturated rings. The number of nitrogens with one attached hydrogen (secondary N) is 1. The zero-order chi connectivity index (χ0) is 14.2. The number of amides is 1. The molecule has 2 aliphatic rings. The molecule has 1 N–H and O–H groups in total. The number of para-hydroxylation sites is 1. The average Bonchev–Trinajstić information content (AvgIpc) is 3.13. The summed E-state index contributed by atoms with van der Waals surface area (Å²) in [7, 11) is 0. The summed E-state index contributed by atoms with van der Waals surface area (Å²) in [5, 5.41) is 1.27. The summed E-state index contributed by atoms with van der Waals surface area (Å²) < 4.78 is 5.63. The van der Waals surface area contributed by atoms with E-state index in [1.54, 1.807) is 0 Å². The van der Waals surface area contributed by atoms with Crippen LogP contribution in [0.2, 0.25) is 0 Å². The van der Waals surface area contributed by atoms with Crippen LogP contribution in [0.5, 0.6) is 0 Å². The standard InChI is InChI=1S/C17H20N2O2/c20-17-14-7-10-21-16(14)6-9-19(17)8-5-12-11-18-15-4-2-1-3-13(12)15/h1-4,11,14,16,18H,5-10H2/t14-,16-/m0/s1. The van der Waals surface area contributed by atoms with Crippen molar-refractivity contribution in [2.24, 2.45) is 5.92 Å². The molecule has 0 saturated carbocycles. The van der Waals surface area contributed by atoms with Gasteiger partial charge < -0.3 is 14.6 Å². The summed E-state index contributed by atoms with van der Waals surface area (Å²) in [5.74, 6) is 0.408. The molecule has 0 aliphatic carbocycles. The van der Waals surface area contributed by atoms with Crippen molar-refractivity contribution in [3.63, 3.8) is 0 Å². The predicted octanol–water partition coefficient (Wildman–Crippen LogP) is 2.35. The smallest absolute Gasteiger partial charge is 0.228 e. The number of carbonyl (C=O) groups is 1. The Bertz CT molecular complexity index is 664. The van der Waals surface area contributed by atoms with E-state index < -0.39 is 0 Å². The van der Waals surface area contributed by atoms with Gasteiger partial charge in [-0.05, 0) is 30.9 Å². The van der Waals surface area contributed by atoms with E-state index in [-0.39, 0.29) is 12.0 Å². The molecule has 0 radical (unpaired) electrons. The first kappa shape index (κ1) is 12.9. The van der Waals surface area contributed by atoms with E-state index in [0.29, 0.717) is 5.91 Å². The van der Waals surface area contributed by atoms with E-state index in [1.165, 1.54) is 16.5 Å². The van der Waals surface area contributed by atoms with Gasteiger partial charge in [-0.15, -0.1) is 0 Å². The molecule has 2 aromatic rings. The molecule has 2 aliphatic heterocycles. The number of nitrogens with zero attached hydrogens (tertiary/aromatic N) is 1. The second-order valence-electron chi connectivity index (χ2n) is 6.03. The van der Waals surface area contributed by atoms with Gasteiger partial charge in [-0.25, -0.2) is 0 Å². The highest BCUT2D eigenvalue weighted by atomic mass is 16.5. The van der Waals surface area contributed by atoms with E-state index in [9.17, 15) is 4.79 Å². The van der Waals surface area contributed by atoms with E-state index in [0.717, 1.165) is 39.0 Å². The number of carbonyl (C=O) groups excluding carboxylic acids is 1. The Morgan fingerprint density at radius 2 is 2.19 bits per heavy atom. The van der Waals surface area contributed by atoms with Crippen LogP contribution >= 0.6 is 0 Å². The summed E-state index contributed by atoms with van der Waals surface area (Å²) in [4.78, 5) is 17.8. The fraction of sp³-hybridized carbons (Fsp3) is 0.471. The summed E-state index contributed by atoms with van der Waals surface area (Å²) in [6, 6.07) is 8.33. The van der Waals surface area contributed by atoms with Crippen molar-refractivity contribution in [3.05, 3.63) is 36.0 Å². The van der Waals surface area contributed by atoms with Crippen molar-refractivity contribution in [3.8, 4) is 0 Å². The van der Waals surface area contributed by atoms with Crippen LogP contribution in [-0.4, -0.2) is 41.6 Å². The zero-order valence-corrected chi connectivity index (χ0v) is 12.0. The second kappa shape index (κ2) is 5.19. The number of benzene rings is 1. The van der Waals surface area contributed by atoms with Crippen LogP contribution in [0.1, 0.15) is 18.4 Å². The number of ether oxygens (including phenoxy) is 1. The van der Waals surface area contributed by atoms with E-state index in [2.05, 4.69) is 29.4 Å². The highest BCUT2D eigenvalue weighted by Gasteiger charge is 2.40. The van der Waals surface area contributed by atoms with E-state index >= 15 is 0 Å². The maximum Gasteiger partial charge on any atom is 0.228 e. The number of rotatable bonds is 3.